The number of nitrogens with one attached hydrogen (secondary N) is 1. The summed E-state index contributed by atoms with van der Waals surface area (Å²) in [6, 6.07) is 19.9. The highest BCUT2D eigenvalue weighted by molar-refractivity contribution is 9.10. The summed E-state index contributed by atoms with van der Waals surface area (Å²) >= 11 is 4.73. The first-order chi connectivity index (χ1) is 13.5. The number of halogens is 2. The Kier molecular flexibility index (Phi) is 5.07. The van der Waals surface area contributed by atoms with E-state index in [1.807, 2.05) is 42.5 Å². The molecule has 4 aromatic rings. The second kappa shape index (κ2) is 7.66. The maximum Gasteiger partial charge on any atom is 0.256 e. The summed E-state index contributed by atoms with van der Waals surface area (Å²) in [7, 11) is 0. The Balaban J connectivity index is 1.87. The number of anilines is 1. The topological polar surface area (TPSA) is 46.2 Å². The van der Waals surface area contributed by atoms with Crippen molar-refractivity contribution in [2.75, 3.05) is 5.32 Å². The van der Waals surface area contributed by atoms with Crippen LogP contribution in [0.1, 0.15) is 10.4 Å². The van der Waals surface area contributed by atoms with Gasteiger partial charge in [-0.1, -0.05) is 40.2 Å². The van der Waals surface area contributed by atoms with Crippen molar-refractivity contribution in [1.82, 2.24) is 0 Å². The Labute approximate surface area is 172 Å². The number of hydrogen-bond acceptors (Lipinski definition) is 3. The molecule has 3 nitrogen and oxygen atoms in total. The van der Waals surface area contributed by atoms with E-state index in [-0.39, 0.29) is 5.43 Å². The van der Waals surface area contributed by atoms with Gasteiger partial charge in [0.25, 0.3) is 5.91 Å². The Bertz CT molecular complexity index is 1230. The number of carbonyl (C=O) groups is 1. The van der Waals surface area contributed by atoms with Gasteiger partial charge in [0.1, 0.15) is 10.8 Å². The standard InChI is InChI=1S/C22H13BrFNO2S/c23-15-9-5-13(6-10-15)19-20(26)17-3-1-2-4-18(17)28-22(19)25-21(27)14-7-11-16(24)12-8-14/h1-12H,(H,25,27). The minimum atomic E-state index is -0.414. The van der Waals surface area contributed by atoms with E-state index in [1.165, 1.54) is 35.6 Å². The number of amides is 1. The summed E-state index contributed by atoms with van der Waals surface area (Å²) in [6.45, 7) is 0. The van der Waals surface area contributed by atoms with Crippen LogP contribution in [0.5, 0.6) is 0 Å². The molecule has 0 saturated carbocycles. The molecule has 1 N–H and O–H groups in total. The van der Waals surface area contributed by atoms with E-state index in [0.717, 1.165) is 9.17 Å². The highest BCUT2D eigenvalue weighted by Gasteiger charge is 2.17. The molecule has 3 aromatic carbocycles. The molecule has 28 heavy (non-hydrogen) atoms. The van der Waals surface area contributed by atoms with Gasteiger partial charge in [-0.2, -0.15) is 0 Å². The zero-order valence-electron chi connectivity index (χ0n) is 14.4. The highest BCUT2D eigenvalue weighted by atomic mass is 79.9. The van der Waals surface area contributed by atoms with E-state index in [9.17, 15) is 14.0 Å². The minimum Gasteiger partial charge on any atom is -0.313 e. The molecule has 1 aromatic heterocycles. The van der Waals surface area contributed by atoms with Crippen molar-refractivity contribution in [3.63, 3.8) is 0 Å². The fourth-order valence-electron chi connectivity index (χ4n) is 2.89. The Morgan fingerprint density at radius 1 is 0.929 bits per heavy atom. The van der Waals surface area contributed by atoms with Crippen molar-refractivity contribution in [3.05, 3.63) is 98.9 Å². The largest absolute Gasteiger partial charge is 0.313 e. The van der Waals surface area contributed by atoms with Gasteiger partial charge in [0.2, 0.25) is 0 Å². The summed E-state index contributed by atoms with van der Waals surface area (Å²) in [5.74, 6) is -0.813. The van der Waals surface area contributed by atoms with Crippen molar-refractivity contribution >= 4 is 48.3 Å². The molecular weight excluding hydrogens is 441 g/mol. The summed E-state index contributed by atoms with van der Waals surface area (Å²) in [5.41, 5.74) is 1.32. The number of hydrogen-bond donors (Lipinski definition) is 1. The van der Waals surface area contributed by atoms with Gasteiger partial charge in [0.05, 0.1) is 5.56 Å². The molecule has 138 valence electrons. The fraction of sp³-hybridized carbons (Fsp3) is 0. The molecule has 1 heterocycles. The minimum absolute atomic E-state index is 0.147. The Morgan fingerprint density at radius 3 is 2.32 bits per heavy atom. The lowest BCUT2D eigenvalue weighted by atomic mass is 10.1. The predicted molar refractivity (Wildman–Crippen MR) is 116 cm³/mol. The summed E-state index contributed by atoms with van der Waals surface area (Å²) in [4.78, 5) is 25.9. The number of benzene rings is 3. The summed E-state index contributed by atoms with van der Waals surface area (Å²) in [5, 5.41) is 3.90. The molecule has 0 unspecified atom stereocenters. The maximum absolute atomic E-state index is 13.2. The third kappa shape index (κ3) is 3.61. The van der Waals surface area contributed by atoms with Gasteiger partial charge in [-0.15, -0.1) is 11.3 Å². The van der Waals surface area contributed by atoms with E-state index in [4.69, 9.17) is 0 Å². The molecule has 4 rings (SSSR count). The van der Waals surface area contributed by atoms with Crippen LogP contribution in [0.4, 0.5) is 9.39 Å². The van der Waals surface area contributed by atoms with Gasteiger partial charge in [-0.05, 0) is 54.1 Å². The normalized spacial score (nSPS) is 10.8. The second-order valence-electron chi connectivity index (χ2n) is 6.10. The van der Waals surface area contributed by atoms with Crippen LogP contribution in [-0.4, -0.2) is 5.91 Å². The lowest BCUT2D eigenvalue weighted by molar-refractivity contribution is 0.102. The van der Waals surface area contributed by atoms with E-state index in [1.54, 1.807) is 6.07 Å². The van der Waals surface area contributed by atoms with Crippen molar-refractivity contribution in [2.45, 2.75) is 0 Å². The zero-order valence-corrected chi connectivity index (χ0v) is 16.8. The average Bonchev–Trinajstić information content (AvgIpc) is 2.70. The SMILES string of the molecule is O=C(Nc1sc2ccccc2c(=O)c1-c1ccc(Br)cc1)c1ccc(F)cc1. The molecule has 0 aliphatic carbocycles. The molecule has 0 aliphatic rings. The van der Waals surface area contributed by atoms with Crippen molar-refractivity contribution < 1.29 is 9.18 Å². The molecule has 0 atom stereocenters. The molecule has 0 spiro atoms. The average molecular weight is 454 g/mol. The molecule has 0 fully saturated rings. The van der Waals surface area contributed by atoms with Crippen LogP contribution in [-0.2, 0) is 0 Å². The van der Waals surface area contributed by atoms with Gasteiger partial charge in [0.15, 0.2) is 5.43 Å². The van der Waals surface area contributed by atoms with Crippen LogP contribution in [0.2, 0.25) is 0 Å². The first-order valence-corrected chi connectivity index (χ1v) is 10.0. The summed E-state index contributed by atoms with van der Waals surface area (Å²) < 4.78 is 14.8. The summed E-state index contributed by atoms with van der Waals surface area (Å²) in [6.07, 6.45) is 0. The zero-order chi connectivity index (χ0) is 19.7. The molecule has 0 bridgehead atoms. The van der Waals surface area contributed by atoms with Gasteiger partial charge in [0, 0.05) is 20.1 Å². The van der Waals surface area contributed by atoms with Gasteiger partial charge in [-0.25, -0.2) is 4.39 Å². The van der Waals surface area contributed by atoms with Crippen LogP contribution >= 0.6 is 27.3 Å². The van der Waals surface area contributed by atoms with Crippen LogP contribution < -0.4 is 10.7 Å². The van der Waals surface area contributed by atoms with Crippen molar-refractivity contribution in [1.29, 1.82) is 0 Å². The molecule has 0 saturated heterocycles. The van der Waals surface area contributed by atoms with Gasteiger partial charge >= 0.3 is 0 Å². The molecular formula is C22H13BrFNO2S. The first-order valence-electron chi connectivity index (χ1n) is 8.41. The number of fused-ring (bicyclic) bond motifs is 1. The van der Waals surface area contributed by atoms with Gasteiger partial charge < -0.3 is 5.32 Å². The van der Waals surface area contributed by atoms with Crippen molar-refractivity contribution in [3.8, 4) is 11.1 Å². The third-order valence-electron chi connectivity index (χ3n) is 4.26. The van der Waals surface area contributed by atoms with Crippen LogP contribution in [0, 0.1) is 5.82 Å². The first kappa shape index (κ1) is 18.5. The van der Waals surface area contributed by atoms with Crippen LogP contribution in [0.3, 0.4) is 0 Å². The fourth-order valence-corrected chi connectivity index (χ4v) is 4.24. The van der Waals surface area contributed by atoms with E-state index in [0.29, 0.717) is 27.1 Å². The number of rotatable bonds is 3. The Morgan fingerprint density at radius 2 is 1.61 bits per heavy atom. The Hall–Kier alpha value is -2.83. The second-order valence-corrected chi connectivity index (χ2v) is 8.07. The van der Waals surface area contributed by atoms with Crippen LogP contribution in [0.15, 0.2) is 82.1 Å². The van der Waals surface area contributed by atoms with Crippen LogP contribution in [0.25, 0.3) is 21.2 Å². The number of carbonyl (C=O) groups excluding carboxylic acids is 1. The van der Waals surface area contributed by atoms with E-state index < -0.39 is 11.7 Å². The highest BCUT2D eigenvalue weighted by Crippen LogP contribution is 2.34. The molecule has 6 heteroatoms. The smallest absolute Gasteiger partial charge is 0.256 e. The van der Waals surface area contributed by atoms with Crippen molar-refractivity contribution in [2.24, 2.45) is 0 Å². The van der Waals surface area contributed by atoms with Gasteiger partial charge in [-0.3, -0.25) is 9.59 Å². The molecule has 1 amide bonds. The lowest BCUT2D eigenvalue weighted by Gasteiger charge is -2.12. The van der Waals surface area contributed by atoms with E-state index in [2.05, 4.69) is 21.2 Å². The molecule has 0 aliphatic heterocycles. The van der Waals surface area contributed by atoms with E-state index >= 15 is 0 Å². The molecule has 0 radical (unpaired) electrons. The quantitative estimate of drug-likeness (QED) is 0.408. The lowest BCUT2D eigenvalue weighted by Crippen LogP contribution is -2.15. The maximum atomic E-state index is 13.2. The third-order valence-corrected chi connectivity index (χ3v) is 5.88. The predicted octanol–water partition coefficient (Wildman–Crippen LogP) is 6.08. The monoisotopic (exact) mass is 453 g/mol.